The number of carbonyl (C=O) groups excluding carboxylic acids is 1. The maximum atomic E-state index is 11.7. The maximum Gasteiger partial charge on any atom is 0.343 e. The molecule has 0 saturated carbocycles. The molecule has 0 aliphatic carbocycles. The lowest BCUT2D eigenvalue weighted by atomic mass is 10.1. The Bertz CT molecular complexity index is 611. The summed E-state index contributed by atoms with van der Waals surface area (Å²) in [5.41, 5.74) is 7.39. The predicted molar refractivity (Wildman–Crippen MR) is 80.7 cm³/mol. The number of hydrogen-bond acceptors (Lipinski definition) is 4. The Kier molecular flexibility index (Phi) is 4.63. The second kappa shape index (κ2) is 6.43. The summed E-state index contributed by atoms with van der Waals surface area (Å²) in [6, 6.07) is 12.8. The van der Waals surface area contributed by atoms with E-state index in [1.807, 2.05) is 24.3 Å². The molecule has 20 heavy (non-hydrogen) atoms. The number of rotatable bonds is 4. The fraction of sp³-hybridized carbons (Fsp3) is 0.133. The Morgan fingerprint density at radius 1 is 1.20 bits per heavy atom. The lowest BCUT2D eigenvalue weighted by molar-refractivity contribution is 0.0597. The van der Waals surface area contributed by atoms with Crippen LogP contribution in [0.1, 0.15) is 15.9 Å². The molecule has 2 rings (SSSR count). The van der Waals surface area contributed by atoms with Gasteiger partial charge in [0.05, 0.1) is 7.11 Å². The van der Waals surface area contributed by atoms with E-state index in [2.05, 4.69) is 15.9 Å². The first-order valence-electron chi connectivity index (χ1n) is 5.96. The van der Waals surface area contributed by atoms with E-state index in [0.29, 0.717) is 18.0 Å². The van der Waals surface area contributed by atoms with Gasteiger partial charge in [0.1, 0.15) is 17.9 Å². The highest BCUT2D eigenvalue weighted by atomic mass is 79.9. The van der Waals surface area contributed by atoms with Crippen LogP contribution >= 0.6 is 15.9 Å². The Labute approximate surface area is 125 Å². The summed E-state index contributed by atoms with van der Waals surface area (Å²) in [6.45, 7) is 0.348. The van der Waals surface area contributed by atoms with E-state index in [1.54, 1.807) is 18.2 Å². The van der Waals surface area contributed by atoms with Crippen LogP contribution in [0.25, 0.3) is 0 Å². The van der Waals surface area contributed by atoms with Gasteiger partial charge in [-0.1, -0.05) is 34.1 Å². The second-order valence-corrected chi connectivity index (χ2v) is 5.04. The first kappa shape index (κ1) is 14.4. The van der Waals surface area contributed by atoms with Crippen molar-refractivity contribution in [2.75, 3.05) is 12.8 Å². The number of benzene rings is 2. The van der Waals surface area contributed by atoms with Crippen LogP contribution in [0.15, 0.2) is 46.9 Å². The van der Waals surface area contributed by atoms with Crippen LogP contribution in [0.3, 0.4) is 0 Å². The van der Waals surface area contributed by atoms with Crippen LogP contribution in [0.5, 0.6) is 5.75 Å². The van der Waals surface area contributed by atoms with Crippen LogP contribution in [-0.2, 0) is 11.3 Å². The van der Waals surface area contributed by atoms with Crippen molar-refractivity contribution in [3.8, 4) is 5.75 Å². The number of halogens is 1. The SMILES string of the molecule is COC(=O)c1c(N)cccc1OCc1ccc(Br)cc1. The molecule has 0 aliphatic heterocycles. The molecule has 0 unspecified atom stereocenters. The number of carbonyl (C=O) groups is 1. The molecule has 2 aromatic carbocycles. The fourth-order valence-corrected chi connectivity index (χ4v) is 1.99. The average Bonchev–Trinajstić information content (AvgIpc) is 2.46. The summed E-state index contributed by atoms with van der Waals surface area (Å²) in [5, 5.41) is 0. The molecule has 0 heterocycles. The summed E-state index contributed by atoms with van der Waals surface area (Å²) >= 11 is 3.37. The minimum Gasteiger partial charge on any atom is -0.488 e. The Morgan fingerprint density at radius 2 is 1.90 bits per heavy atom. The Morgan fingerprint density at radius 3 is 2.55 bits per heavy atom. The highest BCUT2D eigenvalue weighted by Crippen LogP contribution is 2.26. The molecule has 2 aromatic rings. The van der Waals surface area contributed by atoms with Crippen molar-refractivity contribution >= 4 is 27.6 Å². The predicted octanol–water partition coefficient (Wildman–Crippen LogP) is 3.40. The molecule has 0 radical (unpaired) electrons. The van der Waals surface area contributed by atoms with Gasteiger partial charge in [0.25, 0.3) is 0 Å². The first-order valence-corrected chi connectivity index (χ1v) is 6.75. The quantitative estimate of drug-likeness (QED) is 0.687. The van der Waals surface area contributed by atoms with Gasteiger partial charge >= 0.3 is 5.97 Å². The summed E-state index contributed by atoms with van der Waals surface area (Å²) in [6.07, 6.45) is 0. The van der Waals surface area contributed by atoms with E-state index in [0.717, 1.165) is 10.0 Å². The van der Waals surface area contributed by atoms with Gasteiger partial charge in [0, 0.05) is 10.2 Å². The minimum absolute atomic E-state index is 0.257. The molecular formula is C15H14BrNO3. The summed E-state index contributed by atoms with van der Waals surface area (Å²) in [7, 11) is 1.31. The van der Waals surface area contributed by atoms with E-state index in [-0.39, 0.29) is 5.56 Å². The molecule has 0 spiro atoms. The van der Waals surface area contributed by atoms with Gasteiger partial charge in [-0.15, -0.1) is 0 Å². The number of anilines is 1. The van der Waals surface area contributed by atoms with Gasteiger partial charge < -0.3 is 15.2 Å². The van der Waals surface area contributed by atoms with Crippen molar-refractivity contribution in [2.45, 2.75) is 6.61 Å². The molecule has 0 bridgehead atoms. The highest BCUT2D eigenvalue weighted by molar-refractivity contribution is 9.10. The van der Waals surface area contributed by atoms with Crippen molar-refractivity contribution in [3.05, 3.63) is 58.1 Å². The minimum atomic E-state index is -0.506. The van der Waals surface area contributed by atoms with E-state index in [9.17, 15) is 4.79 Å². The maximum absolute atomic E-state index is 11.7. The van der Waals surface area contributed by atoms with Crippen molar-refractivity contribution in [3.63, 3.8) is 0 Å². The van der Waals surface area contributed by atoms with Crippen LogP contribution in [0, 0.1) is 0 Å². The lowest BCUT2D eigenvalue weighted by Crippen LogP contribution is -2.09. The lowest BCUT2D eigenvalue weighted by Gasteiger charge is -2.12. The van der Waals surface area contributed by atoms with Crippen molar-refractivity contribution < 1.29 is 14.3 Å². The molecule has 104 valence electrons. The molecule has 5 heteroatoms. The molecule has 0 amide bonds. The van der Waals surface area contributed by atoms with Crippen LogP contribution in [0.4, 0.5) is 5.69 Å². The zero-order valence-electron chi connectivity index (χ0n) is 10.9. The number of nitrogens with two attached hydrogens (primary N) is 1. The molecule has 0 aromatic heterocycles. The van der Waals surface area contributed by atoms with Gasteiger partial charge in [0.15, 0.2) is 0 Å². The van der Waals surface area contributed by atoms with Crippen molar-refractivity contribution in [1.82, 2.24) is 0 Å². The molecule has 4 nitrogen and oxygen atoms in total. The third-order valence-corrected chi connectivity index (χ3v) is 3.28. The summed E-state index contributed by atoms with van der Waals surface area (Å²) < 4.78 is 11.4. The highest BCUT2D eigenvalue weighted by Gasteiger charge is 2.16. The second-order valence-electron chi connectivity index (χ2n) is 4.13. The van der Waals surface area contributed by atoms with Crippen LogP contribution in [-0.4, -0.2) is 13.1 Å². The number of ether oxygens (including phenoxy) is 2. The Hall–Kier alpha value is -2.01. The van der Waals surface area contributed by atoms with Gasteiger partial charge in [-0.2, -0.15) is 0 Å². The zero-order valence-corrected chi connectivity index (χ0v) is 12.5. The zero-order chi connectivity index (χ0) is 14.5. The smallest absolute Gasteiger partial charge is 0.343 e. The third-order valence-electron chi connectivity index (χ3n) is 2.76. The monoisotopic (exact) mass is 335 g/mol. The topological polar surface area (TPSA) is 61.5 Å². The van der Waals surface area contributed by atoms with Gasteiger partial charge in [0.2, 0.25) is 0 Å². The third kappa shape index (κ3) is 3.30. The van der Waals surface area contributed by atoms with Gasteiger partial charge in [-0.25, -0.2) is 4.79 Å². The number of esters is 1. The van der Waals surface area contributed by atoms with Crippen LogP contribution < -0.4 is 10.5 Å². The number of methoxy groups -OCH3 is 1. The van der Waals surface area contributed by atoms with E-state index in [1.165, 1.54) is 7.11 Å². The van der Waals surface area contributed by atoms with E-state index >= 15 is 0 Å². The average molecular weight is 336 g/mol. The van der Waals surface area contributed by atoms with Crippen molar-refractivity contribution in [2.24, 2.45) is 0 Å². The number of hydrogen-bond donors (Lipinski definition) is 1. The van der Waals surface area contributed by atoms with Gasteiger partial charge in [-0.3, -0.25) is 0 Å². The van der Waals surface area contributed by atoms with Crippen LogP contribution in [0.2, 0.25) is 0 Å². The largest absolute Gasteiger partial charge is 0.488 e. The van der Waals surface area contributed by atoms with Crippen molar-refractivity contribution in [1.29, 1.82) is 0 Å². The molecule has 2 N–H and O–H groups in total. The molecule has 0 saturated heterocycles. The summed E-state index contributed by atoms with van der Waals surface area (Å²) in [5.74, 6) is -0.0892. The van der Waals surface area contributed by atoms with E-state index < -0.39 is 5.97 Å². The molecular weight excluding hydrogens is 322 g/mol. The fourth-order valence-electron chi connectivity index (χ4n) is 1.73. The molecule has 0 atom stereocenters. The molecule has 0 fully saturated rings. The molecule has 0 aliphatic rings. The first-order chi connectivity index (χ1) is 9.61. The normalized spacial score (nSPS) is 10.1. The van der Waals surface area contributed by atoms with Gasteiger partial charge in [-0.05, 0) is 29.8 Å². The number of nitrogen functional groups attached to an aromatic ring is 1. The summed E-state index contributed by atoms with van der Waals surface area (Å²) in [4.78, 5) is 11.7. The standard InChI is InChI=1S/C15H14BrNO3/c1-19-15(18)14-12(17)3-2-4-13(14)20-9-10-5-7-11(16)8-6-10/h2-8H,9,17H2,1H3. The van der Waals surface area contributed by atoms with E-state index in [4.69, 9.17) is 15.2 Å². The Balaban J connectivity index is 2.19.